The highest BCUT2D eigenvalue weighted by molar-refractivity contribution is 6.33. The van der Waals surface area contributed by atoms with Gasteiger partial charge in [0.05, 0.1) is 10.6 Å². The van der Waals surface area contributed by atoms with E-state index >= 15 is 0 Å². The number of nitrogens with one attached hydrogen (secondary N) is 1. The van der Waals surface area contributed by atoms with Crippen LogP contribution in [-0.4, -0.2) is 18.0 Å². The average molecular weight is 346 g/mol. The molecule has 0 aliphatic heterocycles. The number of carbonyl (C=O) groups is 2. The Hall–Kier alpha value is -2.33. The molecule has 0 fully saturated rings. The molecule has 126 valence electrons. The maximum absolute atomic E-state index is 12.2. The molecule has 2 aromatic rings. The van der Waals surface area contributed by atoms with Crippen LogP contribution in [0.3, 0.4) is 0 Å². The van der Waals surface area contributed by atoms with E-state index in [2.05, 4.69) is 19.2 Å². The maximum atomic E-state index is 12.2. The second kappa shape index (κ2) is 7.97. The lowest BCUT2D eigenvalue weighted by molar-refractivity contribution is -0.123. The Balaban J connectivity index is 1.97. The number of amides is 1. The van der Waals surface area contributed by atoms with Crippen molar-refractivity contribution < 1.29 is 14.3 Å². The van der Waals surface area contributed by atoms with Gasteiger partial charge in [0.15, 0.2) is 6.10 Å². The largest absolute Gasteiger partial charge is 0.449 e. The molecule has 1 N–H and O–H groups in total. The smallest absolute Gasteiger partial charge is 0.340 e. The number of benzene rings is 2. The molecule has 0 heterocycles. The Morgan fingerprint density at radius 1 is 1.00 bits per heavy atom. The van der Waals surface area contributed by atoms with E-state index in [0.29, 0.717) is 16.6 Å². The SMILES string of the molecule is CC(C)c1ccc(NC(=O)[C@H](C)OC(=O)c2ccccc2Cl)cc1. The first-order chi connectivity index (χ1) is 11.4. The highest BCUT2D eigenvalue weighted by atomic mass is 35.5. The van der Waals surface area contributed by atoms with Crippen LogP contribution in [0.4, 0.5) is 5.69 Å². The van der Waals surface area contributed by atoms with Crippen LogP contribution in [0.2, 0.25) is 5.02 Å². The summed E-state index contributed by atoms with van der Waals surface area (Å²) in [6, 6.07) is 14.1. The number of hydrogen-bond acceptors (Lipinski definition) is 3. The summed E-state index contributed by atoms with van der Waals surface area (Å²) in [6.45, 7) is 5.72. The van der Waals surface area contributed by atoms with Crippen LogP contribution in [0.5, 0.6) is 0 Å². The molecular formula is C19H20ClNO3. The van der Waals surface area contributed by atoms with Gasteiger partial charge in [0.1, 0.15) is 0 Å². The Bertz CT molecular complexity index is 726. The second-order valence-electron chi connectivity index (χ2n) is 5.79. The second-order valence-corrected chi connectivity index (χ2v) is 6.20. The number of anilines is 1. The molecule has 0 spiro atoms. The summed E-state index contributed by atoms with van der Waals surface area (Å²) < 4.78 is 5.18. The fourth-order valence-electron chi connectivity index (χ4n) is 2.10. The Labute approximate surface area is 146 Å². The minimum absolute atomic E-state index is 0.236. The number of hydrogen-bond donors (Lipinski definition) is 1. The third-order valence-corrected chi connectivity index (χ3v) is 3.92. The molecule has 2 aromatic carbocycles. The molecule has 0 saturated carbocycles. The van der Waals surface area contributed by atoms with Gasteiger partial charge in [-0.3, -0.25) is 4.79 Å². The molecule has 0 saturated heterocycles. The summed E-state index contributed by atoms with van der Waals surface area (Å²) >= 11 is 5.95. The van der Waals surface area contributed by atoms with Gasteiger partial charge in [-0.1, -0.05) is 49.7 Å². The molecule has 0 aromatic heterocycles. The first-order valence-corrected chi connectivity index (χ1v) is 8.12. The van der Waals surface area contributed by atoms with Gasteiger partial charge >= 0.3 is 5.97 Å². The average Bonchev–Trinajstić information content (AvgIpc) is 2.55. The topological polar surface area (TPSA) is 55.4 Å². The molecule has 0 unspecified atom stereocenters. The molecule has 1 atom stereocenters. The van der Waals surface area contributed by atoms with Crippen LogP contribution in [0.25, 0.3) is 0 Å². The van der Waals surface area contributed by atoms with Gasteiger partial charge in [-0.25, -0.2) is 4.79 Å². The zero-order chi connectivity index (χ0) is 17.7. The van der Waals surface area contributed by atoms with Gasteiger partial charge in [0.25, 0.3) is 5.91 Å². The van der Waals surface area contributed by atoms with E-state index in [4.69, 9.17) is 16.3 Å². The number of ether oxygens (including phenoxy) is 1. The van der Waals surface area contributed by atoms with E-state index in [-0.39, 0.29) is 5.56 Å². The van der Waals surface area contributed by atoms with Gasteiger partial charge in [-0.05, 0) is 42.7 Å². The van der Waals surface area contributed by atoms with Crippen molar-refractivity contribution in [1.82, 2.24) is 0 Å². The van der Waals surface area contributed by atoms with Gasteiger partial charge < -0.3 is 10.1 Å². The molecule has 24 heavy (non-hydrogen) atoms. The van der Waals surface area contributed by atoms with E-state index in [1.807, 2.05) is 24.3 Å². The fourth-order valence-corrected chi connectivity index (χ4v) is 2.31. The van der Waals surface area contributed by atoms with Crippen molar-refractivity contribution in [2.75, 3.05) is 5.32 Å². The molecule has 5 heteroatoms. The first-order valence-electron chi connectivity index (χ1n) is 7.75. The Morgan fingerprint density at radius 3 is 2.21 bits per heavy atom. The summed E-state index contributed by atoms with van der Waals surface area (Å²) in [6.07, 6.45) is -0.932. The highest BCUT2D eigenvalue weighted by Crippen LogP contribution is 2.19. The van der Waals surface area contributed by atoms with Crippen LogP contribution in [0, 0.1) is 0 Å². The van der Waals surface area contributed by atoms with Crippen molar-refractivity contribution in [1.29, 1.82) is 0 Å². The summed E-state index contributed by atoms with van der Waals surface area (Å²) in [5, 5.41) is 3.02. The molecule has 2 rings (SSSR count). The summed E-state index contributed by atoms with van der Waals surface area (Å²) in [5.41, 5.74) is 2.08. The van der Waals surface area contributed by atoms with E-state index in [1.165, 1.54) is 12.5 Å². The quantitative estimate of drug-likeness (QED) is 0.802. The fraction of sp³-hybridized carbons (Fsp3) is 0.263. The Kier molecular flexibility index (Phi) is 5.99. The molecule has 0 bridgehead atoms. The Morgan fingerprint density at radius 2 is 1.62 bits per heavy atom. The number of halogens is 1. The summed E-state index contributed by atoms with van der Waals surface area (Å²) in [4.78, 5) is 24.2. The molecule has 0 aliphatic rings. The lowest BCUT2D eigenvalue weighted by Crippen LogP contribution is -2.30. The van der Waals surface area contributed by atoms with Crippen molar-refractivity contribution in [2.45, 2.75) is 32.8 Å². The predicted octanol–water partition coefficient (Wildman–Crippen LogP) is 4.65. The number of carbonyl (C=O) groups excluding carboxylic acids is 2. The lowest BCUT2D eigenvalue weighted by Gasteiger charge is -2.14. The maximum Gasteiger partial charge on any atom is 0.340 e. The van der Waals surface area contributed by atoms with Crippen molar-refractivity contribution >= 4 is 29.2 Å². The number of rotatable bonds is 5. The van der Waals surface area contributed by atoms with Gasteiger partial charge in [0, 0.05) is 5.69 Å². The van der Waals surface area contributed by atoms with Crippen LogP contribution in [0.15, 0.2) is 48.5 Å². The zero-order valence-electron chi connectivity index (χ0n) is 13.9. The van der Waals surface area contributed by atoms with Gasteiger partial charge in [-0.2, -0.15) is 0 Å². The van der Waals surface area contributed by atoms with Crippen LogP contribution in [0.1, 0.15) is 42.6 Å². The number of esters is 1. The predicted molar refractivity (Wildman–Crippen MR) is 95.5 cm³/mol. The third kappa shape index (κ3) is 4.59. The minimum atomic E-state index is -0.932. The molecule has 4 nitrogen and oxygen atoms in total. The van der Waals surface area contributed by atoms with E-state index in [1.54, 1.807) is 24.3 Å². The van der Waals surface area contributed by atoms with Crippen molar-refractivity contribution in [3.05, 3.63) is 64.7 Å². The first kappa shape index (κ1) is 18.0. The van der Waals surface area contributed by atoms with E-state index in [9.17, 15) is 9.59 Å². The molecular weight excluding hydrogens is 326 g/mol. The third-order valence-electron chi connectivity index (χ3n) is 3.59. The van der Waals surface area contributed by atoms with Crippen molar-refractivity contribution in [3.8, 4) is 0 Å². The zero-order valence-corrected chi connectivity index (χ0v) is 14.6. The van der Waals surface area contributed by atoms with Gasteiger partial charge in [0.2, 0.25) is 0 Å². The molecule has 1 amide bonds. The van der Waals surface area contributed by atoms with Gasteiger partial charge in [-0.15, -0.1) is 0 Å². The highest BCUT2D eigenvalue weighted by Gasteiger charge is 2.20. The van der Waals surface area contributed by atoms with E-state index < -0.39 is 18.0 Å². The van der Waals surface area contributed by atoms with Crippen molar-refractivity contribution in [2.24, 2.45) is 0 Å². The minimum Gasteiger partial charge on any atom is -0.449 e. The van der Waals surface area contributed by atoms with E-state index in [0.717, 1.165) is 0 Å². The standard InChI is InChI=1S/C19H20ClNO3/c1-12(2)14-8-10-15(11-9-14)21-18(22)13(3)24-19(23)16-6-4-5-7-17(16)20/h4-13H,1-3H3,(H,21,22)/t13-/m0/s1. The molecule has 0 aliphatic carbocycles. The normalized spacial score (nSPS) is 11.9. The summed E-state index contributed by atoms with van der Waals surface area (Å²) in [7, 11) is 0. The van der Waals surface area contributed by atoms with Crippen molar-refractivity contribution in [3.63, 3.8) is 0 Å². The van der Waals surface area contributed by atoms with Crippen LogP contribution in [-0.2, 0) is 9.53 Å². The summed E-state index contributed by atoms with van der Waals surface area (Å²) in [5.74, 6) is -0.601. The van der Waals surface area contributed by atoms with Crippen LogP contribution >= 0.6 is 11.6 Å². The lowest BCUT2D eigenvalue weighted by atomic mass is 10.0. The monoisotopic (exact) mass is 345 g/mol. The van der Waals surface area contributed by atoms with Crippen LogP contribution < -0.4 is 5.32 Å². The molecule has 0 radical (unpaired) electrons.